The Morgan fingerprint density at radius 1 is 1.00 bits per heavy atom. The predicted molar refractivity (Wildman–Crippen MR) is 136 cm³/mol. The van der Waals surface area contributed by atoms with E-state index in [1.165, 1.54) is 12.1 Å². The lowest BCUT2D eigenvalue weighted by Gasteiger charge is -2.39. The SMILES string of the molecule is CC1CN(Cc2ccc(F)cc2)CCN1C(=O)/C=C/c1ccc(Cl)cc1CN1CCN(C)CC1. The third-order valence-corrected chi connectivity index (χ3v) is 7.05. The smallest absolute Gasteiger partial charge is 0.246 e. The third-order valence-electron chi connectivity index (χ3n) is 6.81. The first-order valence-electron chi connectivity index (χ1n) is 12.0. The first-order valence-corrected chi connectivity index (χ1v) is 12.4. The van der Waals surface area contributed by atoms with Gasteiger partial charge in [0.15, 0.2) is 0 Å². The van der Waals surface area contributed by atoms with Gasteiger partial charge in [-0.3, -0.25) is 14.6 Å². The van der Waals surface area contributed by atoms with Crippen molar-refractivity contribution < 1.29 is 9.18 Å². The second kappa shape index (κ2) is 11.5. The Bertz CT molecular complexity index is 1000. The molecule has 2 aromatic rings. The minimum absolute atomic E-state index is 0.0365. The summed E-state index contributed by atoms with van der Waals surface area (Å²) in [6.45, 7) is 10.2. The van der Waals surface area contributed by atoms with Crippen molar-refractivity contribution in [3.8, 4) is 0 Å². The molecular weight excluding hydrogens is 451 g/mol. The molecule has 0 aromatic heterocycles. The summed E-state index contributed by atoms with van der Waals surface area (Å²) >= 11 is 6.29. The van der Waals surface area contributed by atoms with E-state index in [0.29, 0.717) is 6.54 Å². The zero-order chi connectivity index (χ0) is 24.1. The van der Waals surface area contributed by atoms with Crippen molar-refractivity contribution in [2.45, 2.75) is 26.1 Å². The van der Waals surface area contributed by atoms with Crippen LogP contribution in [0.25, 0.3) is 6.08 Å². The normalized spacial score (nSPS) is 20.8. The highest BCUT2D eigenvalue weighted by Crippen LogP contribution is 2.21. The number of hydrogen-bond donors (Lipinski definition) is 0. The van der Waals surface area contributed by atoms with Crippen LogP contribution in [0.2, 0.25) is 5.02 Å². The van der Waals surface area contributed by atoms with E-state index in [9.17, 15) is 9.18 Å². The molecule has 182 valence electrons. The van der Waals surface area contributed by atoms with E-state index in [1.807, 2.05) is 41.3 Å². The van der Waals surface area contributed by atoms with Crippen LogP contribution in [0, 0.1) is 5.82 Å². The Morgan fingerprint density at radius 2 is 1.71 bits per heavy atom. The van der Waals surface area contributed by atoms with Gasteiger partial charge in [0.2, 0.25) is 5.91 Å². The Hall–Kier alpha value is -2.25. The van der Waals surface area contributed by atoms with Gasteiger partial charge in [-0.05, 0) is 61.0 Å². The molecule has 34 heavy (non-hydrogen) atoms. The lowest BCUT2D eigenvalue weighted by Crippen LogP contribution is -2.53. The fourth-order valence-electron chi connectivity index (χ4n) is 4.73. The molecule has 0 spiro atoms. The number of carbonyl (C=O) groups excluding carboxylic acids is 1. The molecule has 2 fully saturated rings. The van der Waals surface area contributed by atoms with Gasteiger partial charge >= 0.3 is 0 Å². The molecule has 0 N–H and O–H groups in total. The summed E-state index contributed by atoms with van der Waals surface area (Å²) in [5.74, 6) is -0.180. The molecule has 2 aliphatic rings. The molecule has 1 amide bonds. The van der Waals surface area contributed by atoms with Gasteiger partial charge in [0.25, 0.3) is 0 Å². The third kappa shape index (κ3) is 6.66. The van der Waals surface area contributed by atoms with E-state index in [4.69, 9.17) is 11.6 Å². The number of benzene rings is 2. The quantitative estimate of drug-likeness (QED) is 0.580. The van der Waals surface area contributed by atoms with Crippen LogP contribution in [0.3, 0.4) is 0 Å². The minimum atomic E-state index is -0.216. The zero-order valence-electron chi connectivity index (χ0n) is 20.1. The van der Waals surface area contributed by atoms with Gasteiger partial charge in [0.05, 0.1) is 0 Å². The van der Waals surface area contributed by atoms with Crippen molar-refractivity contribution in [2.75, 3.05) is 52.9 Å². The number of carbonyl (C=O) groups is 1. The molecule has 0 radical (unpaired) electrons. The van der Waals surface area contributed by atoms with Gasteiger partial charge in [-0.2, -0.15) is 0 Å². The number of likely N-dealkylation sites (N-methyl/N-ethyl adjacent to an activating group) is 1. The highest BCUT2D eigenvalue weighted by Gasteiger charge is 2.26. The van der Waals surface area contributed by atoms with Crippen LogP contribution in [-0.4, -0.2) is 84.4 Å². The lowest BCUT2D eigenvalue weighted by molar-refractivity contribution is -0.130. The fraction of sp³-hybridized carbons (Fsp3) is 0.444. The second-order valence-electron chi connectivity index (χ2n) is 9.50. The second-order valence-corrected chi connectivity index (χ2v) is 9.93. The van der Waals surface area contributed by atoms with E-state index in [1.54, 1.807) is 6.08 Å². The molecule has 1 atom stereocenters. The standard InChI is InChI=1S/C27H34ClFN4O/c1-21-18-32(19-22-3-8-26(29)9-4-22)15-16-33(21)27(34)10-6-23-5-7-25(28)17-24(23)20-31-13-11-30(2)12-14-31/h3-10,17,21H,11-16,18-20H2,1-2H3/b10-6+. The number of hydrogen-bond acceptors (Lipinski definition) is 4. The van der Waals surface area contributed by atoms with Crippen molar-refractivity contribution >= 4 is 23.6 Å². The summed E-state index contributed by atoms with van der Waals surface area (Å²) in [4.78, 5) is 22.1. The summed E-state index contributed by atoms with van der Waals surface area (Å²) in [5.41, 5.74) is 3.28. The molecule has 2 saturated heterocycles. The number of halogens is 2. The average Bonchev–Trinajstić information content (AvgIpc) is 2.81. The van der Waals surface area contributed by atoms with E-state index >= 15 is 0 Å². The van der Waals surface area contributed by atoms with Crippen molar-refractivity contribution in [3.63, 3.8) is 0 Å². The summed E-state index contributed by atoms with van der Waals surface area (Å²) in [6, 6.07) is 12.7. The van der Waals surface area contributed by atoms with Crippen LogP contribution in [0.5, 0.6) is 0 Å². The summed E-state index contributed by atoms with van der Waals surface area (Å²) in [6.07, 6.45) is 3.63. The van der Waals surface area contributed by atoms with Crippen LogP contribution in [0.15, 0.2) is 48.5 Å². The molecule has 4 rings (SSSR count). The van der Waals surface area contributed by atoms with Crippen molar-refractivity contribution in [1.82, 2.24) is 19.6 Å². The van der Waals surface area contributed by atoms with Crippen LogP contribution in [-0.2, 0) is 17.9 Å². The fourth-order valence-corrected chi connectivity index (χ4v) is 4.92. The number of nitrogens with zero attached hydrogens (tertiary/aromatic N) is 4. The molecule has 2 heterocycles. The van der Waals surface area contributed by atoms with E-state index in [-0.39, 0.29) is 17.8 Å². The molecule has 2 aliphatic heterocycles. The number of piperazine rings is 2. The maximum atomic E-state index is 13.2. The average molecular weight is 485 g/mol. The molecule has 0 bridgehead atoms. The van der Waals surface area contributed by atoms with Crippen molar-refractivity contribution in [2.24, 2.45) is 0 Å². The van der Waals surface area contributed by atoms with Crippen LogP contribution in [0.1, 0.15) is 23.6 Å². The topological polar surface area (TPSA) is 30.0 Å². The number of amides is 1. The lowest BCUT2D eigenvalue weighted by atomic mass is 10.1. The number of rotatable bonds is 6. The van der Waals surface area contributed by atoms with Crippen LogP contribution in [0.4, 0.5) is 4.39 Å². The molecule has 0 aliphatic carbocycles. The molecule has 0 saturated carbocycles. The summed E-state index contributed by atoms with van der Waals surface area (Å²) in [5, 5.41) is 0.721. The molecule has 2 aromatic carbocycles. The minimum Gasteiger partial charge on any atom is -0.334 e. The maximum absolute atomic E-state index is 13.2. The Morgan fingerprint density at radius 3 is 2.41 bits per heavy atom. The molecule has 5 nitrogen and oxygen atoms in total. The molecule has 7 heteroatoms. The Labute approximate surface area is 207 Å². The van der Waals surface area contributed by atoms with E-state index in [0.717, 1.165) is 74.1 Å². The first kappa shape index (κ1) is 24.9. The summed E-state index contributed by atoms with van der Waals surface area (Å²) in [7, 11) is 2.15. The summed E-state index contributed by atoms with van der Waals surface area (Å²) < 4.78 is 13.2. The van der Waals surface area contributed by atoms with Gasteiger partial charge in [-0.1, -0.05) is 29.8 Å². The Balaban J connectivity index is 1.35. The van der Waals surface area contributed by atoms with Gasteiger partial charge in [-0.15, -0.1) is 0 Å². The van der Waals surface area contributed by atoms with E-state index in [2.05, 4.69) is 28.7 Å². The highest BCUT2D eigenvalue weighted by molar-refractivity contribution is 6.30. The molecule has 1 unspecified atom stereocenters. The van der Waals surface area contributed by atoms with Crippen molar-refractivity contribution in [3.05, 3.63) is 76.1 Å². The van der Waals surface area contributed by atoms with Crippen LogP contribution < -0.4 is 0 Å². The first-order chi connectivity index (χ1) is 16.4. The van der Waals surface area contributed by atoms with Gasteiger partial charge in [-0.25, -0.2) is 4.39 Å². The highest BCUT2D eigenvalue weighted by atomic mass is 35.5. The van der Waals surface area contributed by atoms with Gasteiger partial charge in [0, 0.05) is 76.0 Å². The molecular formula is C27H34ClFN4O. The van der Waals surface area contributed by atoms with E-state index < -0.39 is 0 Å². The zero-order valence-corrected chi connectivity index (χ0v) is 20.8. The van der Waals surface area contributed by atoms with Crippen molar-refractivity contribution in [1.29, 1.82) is 0 Å². The monoisotopic (exact) mass is 484 g/mol. The predicted octanol–water partition coefficient (Wildman–Crippen LogP) is 3.97. The van der Waals surface area contributed by atoms with Gasteiger partial charge < -0.3 is 9.80 Å². The van der Waals surface area contributed by atoms with Crippen LogP contribution >= 0.6 is 11.6 Å². The maximum Gasteiger partial charge on any atom is 0.246 e. The largest absolute Gasteiger partial charge is 0.334 e. The van der Waals surface area contributed by atoms with Gasteiger partial charge in [0.1, 0.15) is 5.82 Å². The Kier molecular flexibility index (Phi) is 8.37.